The van der Waals surface area contributed by atoms with Crippen molar-refractivity contribution in [3.8, 4) is 0 Å². The largest absolute Gasteiger partial charge is 0.756 e. The molecule has 0 saturated carbocycles. The number of carbonyl (C=O) groups is 2. The molecule has 0 fully saturated rings. The molecule has 0 aromatic heterocycles. The van der Waals surface area contributed by atoms with Crippen molar-refractivity contribution in [1.82, 2.24) is 0 Å². The Labute approximate surface area is 559 Å². The molecule has 10 heteroatoms. The van der Waals surface area contributed by atoms with E-state index in [0.717, 1.165) is 64.2 Å². The van der Waals surface area contributed by atoms with Crippen molar-refractivity contribution in [2.75, 3.05) is 47.5 Å². The average Bonchev–Trinajstić information content (AvgIpc) is 3.61. The van der Waals surface area contributed by atoms with Gasteiger partial charge in [-0.15, -0.1) is 0 Å². The molecule has 0 aliphatic heterocycles. The first-order chi connectivity index (χ1) is 44.0. The number of esters is 2. The van der Waals surface area contributed by atoms with Crippen molar-refractivity contribution in [2.24, 2.45) is 0 Å². The number of allylic oxidation sites excluding steroid dienone is 10. The van der Waals surface area contributed by atoms with Gasteiger partial charge in [0, 0.05) is 12.8 Å². The van der Waals surface area contributed by atoms with Crippen LogP contribution in [0, 0.1) is 0 Å². The number of phosphoric acid groups is 1. The quantitative estimate of drug-likeness (QED) is 0.0195. The van der Waals surface area contributed by atoms with E-state index in [1.807, 2.05) is 21.1 Å². The van der Waals surface area contributed by atoms with Crippen LogP contribution in [0.15, 0.2) is 60.8 Å². The summed E-state index contributed by atoms with van der Waals surface area (Å²) in [6.07, 6.45) is 94.8. The maximum Gasteiger partial charge on any atom is 0.306 e. The Morgan fingerprint density at radius 1 is 0.356 bits per heavy atom. The van der Waals surface area contributed by atoms with Gasteiger partial charge in [0.2, 0.25) is 0 Å². The molecule has 0 spiro atoms. The second kappa shape index (κ2) is 71.0. The Morgan fingerprint density at radius 2 is 0.633 bits per heavy atom. The highest BCUT2D eigenvalue weighted by Gasteiger charge is 2.22. The Kier molecular flexibility index (Phi) is 69.2. The molecule has 0 heterocycles. The van der Waals surface area contributed by atoms with Crippen LogP contribution < -0.4 is 4.89 Å². The van der Waals surface area contributed by atoms with E-state index < -0.39 is 26.5 Å². The highest BCUT2D eigenvalue weighted by molar-refractivity contribution is 7.45. The van der Waals surface area contributed by atoms with E-state index in [0.29, 0.717) is 17.4 Å². The molecular formula is C80H150NO8P. The Morgan fingerprint density at radius 3 is 0.944 bits per heavy atom. The molecule has 0 saturated heterocycles. The van der Waals surface area contributed by atoms with Gasteiger partial charge in [-0.05, 0) is 57.8 Å². The predicted molar refractivity (Wildman–Crippen MR) is 388 cm³/mol. The topological polar surface area (TPSA) is 111 Å². The molecular weight excluding hydrogens is 1130 g/mol. The lowest BCUT2D eigenvalue weighted by Crippen LogP contribution is -2.37. The van der Waals surface area contributed by atoms with E-state index in [9.17, 15) is 19.0 Å². The molecule has 2 atom stereocenters. The zero-order valence-electron chi connectivity index (χ0n) is 60.4. The first-order valence-corrected chi connectivity index (χ1v) is 40.5. The fraction of sp³-hybridized carbons (Fsp3) is 0.850. The number of hydrogen-bond donors (Lipinski definition) is 0. The summed E-state index contributed by atoms with van der Waals surface area (Å²) in [7, 11) is 1.19. The summed E-state index contributed by atoms with van der Waals surface area (Å²) in [5.74, 6) is -0.810. The summed E-state index contributed by atoms with van der Waals surface area (Å²) in [4.78, 5) is 38.2. The standard InChI is InChI=1S/C80H150NO8P/c1-6-8-10-12-14-16-18-20-22-24-26-28-30-32-34-36-38-39-40-41-43-45-47-49-51-53-55-57-59-61-63-65-67-69-71-73-80(83)89-78(77-88-90(84,85)87-75-74-81(3,4)5)76-86-79(82)72-70-68-66-64-62-60-58-56-54-52-50-48-46-44-42-37-35-33-31-29-27-25-23-21-19-17-15-13-11-9-7-2/h8,10,14,16,20,22,26,28,32,34,78H,6-7,9,11-13,15,17-19,21,23-25,27,29-31,33,35-77H2,1-5H3/b10-8-,16-14-,22-20-,28-26-,34-32-. The predicted octanol–water partition coefficient (Wildman–Crippen LogP) is 25.1. The zero-order chi connectivity index (χ0) is 65.5. The van der Waals surface area contributed by atoms with Crippen molar-refractivity contribution >= 4 is 19.8 Å². The van der Waals surface area contributed by atoms with Crippen LogP contribution in [0.4, 0.5) is 0 Å². The van der Waals surface area contributed by atoms with E-state index in [2.05, 4.69) is 74.6 Å². The molecule has 0 amide bonds. The van der Waals surface area contributed by atoms with Gasteiger partial charge in [-0.3, -0.25) is 14.2 Å². The number of nitrogens with zero attached hydrogens (tertiary/aromatic N) is 1. The molecule has 0 aliphatic carbocycles. The molecule has 2 unspecified atom stereocenters. The minimum atomic E-state index is -4.64. The second-order valence-electron chi connectivity index (χ2n) is 27.7. The van der Waals surface area contributed by atoms with Gasteiger partial charge in [0.05, 0.1) is 27.7 Å². The summed E-state index contributed by atoms with van der Waals surface area (Å²) in [5.41, 5.74) is 0. The first-order valence-electron chi connectivity index (χ1n) is 39.0. The smallest absolute Gasteiger partial charge is 0.306 e. The lowest BCUT2D eigenvalue weighted by atomic mass is 10.0. The van der Waals surface area contributed by atoms with E-state index in [-0.39, 0.29) is 32.0 Å². The highest BCUT2D eigenvalue weighted by Crippen LogP contribution is 2.38. The van der Waals surface area contributed by atoms with E-state index in [4.69, 9.17) is 18.5 Å². The van der Waals surface area contributed by atoms with Crippen LogP contribution in [0.2, 0.25) is 0 Å². The van der Waals surface area contributed by atoms with Gasteiger partial charge >= 0.3 is 11.9 Å². The fourth-order valence-electron chi connectivity index (χ4n) is 11.6. The van der Waals surface area contributed by atoms with E-state index in [1.54, 1.807) is 0 Å². The third-order valence-corrected chi connectivity index (χ3v) is 18.5. The fourth-order valence-corrected chi connectivity index (χ4v) is 12.4. The minimum absolute atomic E-state index is 0.0285. The maximum atomic E-state index is 12.9. The molecule has 0 radical (unpaired) electrons. The van der Waals surface area contributed by atoms with Crippen LogP contribution in [0.3, 0.4) is 0 Å². The maximum absolute atomic E-state index is 12.9. The number of unbranched alkanes of at least 4 members (excludes halogenated alkanes) is 49. The van der Waals surface area contributed by atoms with E-state index >= 15 is 0 Å². The van der Waals surface area contributed by atoms with Crippen LogP contribution in [-0.4, -0.2) is 70.0 Å². The summed E-state index contributed by atoms with van der Waals surface area (Å²) >= 11 is 0. The molecule has 0 aromatic carbocycles. The highest BCUT2D eigenvalue weighted by atomic mass is 31.2. The molecule has 0 bridgehead atoms. The monoisotopic (exact) mass is 1280 g/mol. The number of hydrogen-bond acceptors (Lipinski definition) is 8. The van der Waals surface area contributed by atoms with Gasteiger partial charge in [0.1, 0.15) is 19.8 Å². The van der Waals surface area contributed by atoms with Crippen molar-refractivity contribution < 1.29 is 42.1 Å². The lowest BCUT2D eigenvalue weighted by molar-refractivity contribution is -0.870. The van der Waals surface area contributed by atoms with Crippen LogP contribution >= 0.6 is 7.82 Å². The summed E-state index contributed by atoms with van der Waals surface area (Å²) in [6, 6.07) is 0. The number of likely N-dealkylation sites (N-methyl/N-ethyl adjacent to an activating group) is 1. The van der Waals surface area contributed by atoms with E-state index in [1.165, 1.54) is 289 Å². The third-order valence-electron chi connectivity index (χ3n) is 17.6. The van der Waals surface area contributed by atoms with Gasteiger partial charge in [-0.2, -0.15) is 0 Å². The second-order valence-corrected chi connectivity index (χ2v) is 29.1. The molecule has 9 nitrogen and oxygen atoms in total. The number of phosphoric ester groups is 1. The molecule has 0 rings (SSSR count). The molecule has 90 heavy (non-hydrogen) atoms. The van der Waals surface area contributed by atoms with Crippen molar-refractivity contribution in [1.29, 1.82) is 0 Å². The number of carbonyl (C=O) groups excluding carboxylic acids is 2. The van der Waals surface area contributed by atoms with Gasteiger partial charge in [0.25, 0.3) is 7.82 Å². The Balaban J connectivity index is 3.94. The first kappa shape index (κ1) is 87.7. The van der Waals surface area contributed by atoms with Gasteiger partial charge < -0.3 is 27.9 Å². The lowest BCUT2D eigenvalue weighted by Gasteiger charge is -2.28. The average molecular weight is 1290 g/mol. The summed E-state index contributed by atoms with van der Waals surface area (Å²) < 4.78 is 34.4. The van der Waals surface area contributed by atoms with Crippen LogP contribution in [0.1, 0.15) is 386 Å². The van der Waals surface area contributed by atoms with Crippen LogP contribution in [-0.2, 0) is 32.7 Å². The number of quaternary nitrogens is 1. The summed E-state index contributed by atoms with van der Waals surface area (Å²) in [6.45, 7) is 4.20. The SMILES string of the molecule is CC/C=C\C/C=C\C/C=C\C/C=C\C/C=C\CCCCCCCCCCCCCCCCCCCCCC(=O)OC(COC(=O)CCCCCCCCCCCCCCCCCCCCCCCCCCCCCCCCC)COP(=O)([O-])OCC[N+](C)(C)C. The minimum Gasteiger partial charge on any atom is -0.756 e. The van der Waals surface area contributed by atoms with Gasteiger partial charge in [-0.1, -0.05) is 376 Å². The van der Waals surface area contributed by atoms with Gasteiger partial charge in [-0.25, -0.2) is 0 Å². The molecule has 528 valence electrons. The van der Waals surface area contributed by atoms with Crippen molar-refractivity contribution in [2.45, 2.75) is 392 Å². The zero-order valence-corrected chi connectivity index (χ0v) is 61.2. The third kappa shape index (κ3) is 74.7. The van der Waals surface area contributed by atoms with Gasteiger partial charge in [0.15, 0.2) is 6.10 Å². The number of ether oxygens (including phenoxy) is 2. The molecule has 0 N–H and O–H groups in total. The Bertz CT molecular complexity index is 1700. The summed E-state index contributed by atoms with van der Waals surface area (Å²) in [5, 5.41) is 0. The molecule has 0 aliphatic rings. The van der Waals surface area contributed by atoms with Crippen LogP contribution in [0.5, 0.6) is 0 Å². The normalized spacial score (nSPS) is 13.4. The van der Waals surface area contributed by atoms with Crippen LogP contribution in [0.25, 0.3) is 0 Å². The number of rotatable bonds is 73. The Hall–Kier alpha value is -2.29. The van der Waals surface area contributed by atoms with Crippen molar-refractivity contribution in [3.63, 3.8) is 0 Å². The molecule has 0 aromatic rings. The van der Waals surface area contributed by atoms with Crippen molar-refractivity contribution in [3.05, 3.63) is 60.8 Å².